The van der Waals surface area contributed by atoms with Crippen LogP contribution < -0.4 is 21.7 Å². The van der Waals surface area contributed by atoms with Gasteiger partial charge in [0.15, 0.2) is 0 Å². The number of urea groups is 1. The molecule has 1 aromatic carbocycles. The first-order valence-corrected chi connectivity index (χ1v) is 6.80. The van der Waals surface area contributed by atoms with Crippen molar-refractivity contribution in [1.82, 2.24) is 10.6 Å². The topological polar surface area (TPSA) is 96.2 Å². The Hall–Kier alpha value is -2.08. The van der Waals surface area contributed by atoms with E-state index >= 15 is 0 Å². The highest BCUT2D eigenvalue weighted by atomic mass is 16.2. The van der Waals surface area contributed by atoms with Crippen LogP contribution in [0.3, 0.4) is 0 Å². The van der Waals surface area contributed by atoms with Crippen molar-refractivity contribution >= 4 is 17.6 Å². The van der Waals surface area contributed by atoms with Crippen LogP contribution >= 0.6 is 0 Å². The number of hydrogen-bond donors (Lipinski definition) is 4. The number of carbonyl (C=O) groups is 2. The Kier molecular flexibility index (Phi) is 4.95. The van der Waals surface area contributed by atoms with Crippen molar-refractivity contribution < 1.29 is 9.59 Å². The second kappa shape index (κ2) is 6.91. The average Bonchev–Trinajstić information content (AvgIpc) is 3.29. The van der Waals surface area contributed by atoms with Crippen molar-refractivity contribution in [2.24, 2.45) is 11.7 Å². The van der Waals surface area contributed by atoms with Crippen molar-refractivity contribution in [2.75, 3.05) is 18.4 Å². The van der Waals surface area contributed by atoms with Crippen LogP contribution in [-0.4, -0.2) is 25.0 Å². The Morgan fingerprint density at radius 3 is 2.35 bits per heavy atom. The van der Waals surface area contributed by atoms with Crippen LogP contribution in [0, 0.1) is 5.92 Å². The molecule has 5 N–H and O–H groups in total. The highest BCUT2D eigenvalue weighted by Gasteiger charge is 2.28. The van der Waals surface area contributed by atoms with Crippen molar-refractivity contribution in [2.45, 2.75) is 19.4 Å². The van der Waals surface area contributed by atoms with Crippen molar-refractivity contribution in [3.8, 4) is 0 Å². The molecule has 0 aromatic heterocycles. The first kappa shape index (κ1) is 14.3. The first-order chi connectivity index (χ1) is 9.69. The molecule has 1 aliphatic rings. The molecule has 0 aliphatic heterocycles. The second-order valence-corrected chi connectivity index (χ2v) is 4.85. The molecule has 0 saturated heterocycles. The minimum absolute atomic E-state index is 0.0876. The van der Waals surface area contributed by atoms with Gasteiger partial charge in [0.25, 0.3) is 0 Å². The van der Waals surface area contributed by atoms with Gasteiger partial charge >= 0.3 is 6.03 Å². The number of rotatable bonds is 6. The fourth-order valence-corrected chi connectivity index (χ4v) is 1.75. The van der Waals surface area contributed by atoms with E-state index in [-0.39, 0.29) is 17.9 Å². The molecule has 0 heterocycles. The van der Waals surface area contributed by atoms with Crippen LogP contribution in [-0.2, 0) is 11.3 Å². The predicted octanol–water partition coefficient (Wildman–Crippen LogP) is 0.793. The monoisotopic (exact) mass is 276 g/mol. The summed E-state index contributed by atoms with van der Waals surface area (Å²) in [5, 5.41) is 8.18. The van der Waals surface area contributed by atoms with E-state index in [0.717, 1.165) is 18.4 Å². The largest absolute Gasteiger partial charge is 0.354 e. The smallest absolute Gasteiger partial charge is 0.319 e. The number of nitrogens with one attached hydrogen (secondary N) is 3. The molecule has 0 atom stereocenters. The van der Waals surface area contributed by atoms with Gasteiger partial charge in [-0.2, -0.15) is 0 Å². The van der Waals surface area contributed by atoms with E-state index < -0.39 is 0 Å². The number of amides is 3. The van der Waals surface area contributed by atoms with Crippen LogP contribution in [0.25, 0.3) is 0 Å². The van der Waals surface area contributed by atoms with Crippen LogP contribution in [0.1, 0.15) is 18.4 Å². The fourth-order valence-electron chi connectivity index (χ4n) is 1.75. The molecule has 1 aliphatic carbocycles. The highest BCUT2D eigenvalue weighted by molar-refractivity contribution is 5.89. The van der Waals surface area contributed by atoms with Crippen LogP contribution in [0.5, 0.6) is 0 Å². The third kappa shape index (κ3) is 4.55. The number of anilines is 1. The normalized spacial score (nSPS) is 13.7. The minimum Gasteiger partial charge on any atom is -0.354 e. The standard InChI is InChI=1S/C14H20N4O2/c15-9-10-1-5-12(6-2-10)18-14(20)17-8-7-16-13(19)11-3-4-11/h1-2,5-6,11H,3-4,7-9,15H2,(H,16,19)(H2,17,18,20). The van der Waals surface area contributed by atoms with Crippen molar-refractivity contribution in [3.63, 3.8) is 0 Å². The number of carbonyl (C=O) groups excluding carboxylic acids is 2. The van der Waals surface area contributed by atoms with Gasteiger partial charge in [0.2, 0.25) is 5.91 Å². The lowest BCUT2D eigenvalue weighted by atomic mass is 10.2. The van der Waals surface area contributed by atoms with E-state index in [4.69, 9.17) is 5.73 Å². The zero-order chi connectivity index (χ0) is 14.4. The third-order valence-corrected chi connectivity index (χ3v) is 3.11. The molecule has 20 heavy (non-hydrogen) atoms. The summed E-state index contributed by atoms with van der Waals surface area (Å²) in [4.78, 5) is 22.9. The maximum absolute atomic E-state index is 11.6. The summed E-state index contributed by atoms with van der Waals surface area (Å²) < 4.78 is 0. The minimum atomic E-state index is -0.286. The van der Waals surface area contributed by atoms with E-state index in [1.807, 2.05) is 12.1 Å². The summed E-state index contributed by atoms with van der Waals surface area (Å²) in [6.07, 6.45) is 1.97. The zero-order valence-corrected chi connectivity index (χ0v) is 11.3. The van der Waals surface area contributed by atoms with Gasteiger partial charge in [-0.15, -0.1) is 0 Å². The summed E-state index contributed by atoms with van der Waals surface area (Å²) in [6.45, 7) is 1.34. The van der Waals surface area contributed by atoms with Gasteiger partial charge in [-0.25, -0.2) is 4.79 Å². The second-order valence-electron chi connectivity index (χ2n) is 4.85. The molecule has 6 heteroatoms. The number of nitrogens with two attached hydrogens (primary N) is 1. The summed E-state index contributed by atoms with van der Waals surface area (Å²) in [5.74, 6) is 0.287. The van der Waals surface area contributed by atoms with E-state index in [9.17, 15) is 9.59 Å². The molecular formula is C14H20N4O2. The summed E-state index contributed by atoms with van der Waals surface area (Å²) in [5.41, 5.74) is 7.22. The van der Waals surface area contributed by atoms with Gasteiger partial charge in [0.1, 0.15) is 0 Å². The number of hydrogen-bond acceptors (Lipinski definition) is 3. The van der Waals surface area contributed by atoms with Crippen molar-refractivity contribution in [1.29, 1.82) is 0 Å². The van der Waals surface area contributed by atoms with Gasteiger partial charge in [0, 0.05) is 31.2 Å². The molecule has 108 valence electrons. The summed E-state index contributed by atoms with van der Waals surface area (Å²) in [6, 6.07) is 7.05. The van der Waals surface area contributed by atoms with Crippen molar-refractivity contribution in [3.05, 3.63) is 29.8 Å². The van der Waals surface area contributed by atoms with Gasteiger partial charge < -0.3 is 21.7 Å². The summed E-state index contributed by atoms with van der Waals surface area (Å²) in [7, 11) is 0. The van der Waals surface area contributed by atoms with E-state index in [1.54, 1.807) is 12.1 Å². The Morgan fingerprint density at radius 2 is 1.75 bits per heavy atom. The van der Waals surface area contributed by atoms with Gasteiger partial charge in [-0.3, -0.25) is 4.79 Å². The van der Waals surface area contributed by atoms with E-state index in [2.05, 4.69) is 16.0 Å². The SMILES string of the molecule is NCc1ccc(NC(=O)NCCNC(=O)C2CC2)cc1. The molecule has 0 bridgehead atoms. The molecule has 3 amide bonds. The Morgan fingerprint density at radius 1 is 1.10 bits per heavy atom. The maximum atomic E-state index is 11.6. The quantitative estimate of drug-likeness (QED) is 0.578. The lowest BCUT2D eigenvalue weighted by molar-refractivity contribution is -0.122. The Bertz CT molecular complexity index is 469. The molecule has 6 nitrogen and oxygen atoms in total. The zero-order valence-electron chi connectivity index (χ0n) is 11.3. The lowest BCUT2D eigenvalue weighted by Gasteiger charge is -2.09. The molecule has 1 aromatic rings. The maximum Gasteiger partial charge on any atom is 0.319 e. The molecule has 1 fully saturated rings. The van der Waals surface area contributed by atoms with E-state index in [0.29, 0.717) is 25.3 Å². The molecule has 0 unspecified atom stereocenters. The van der Waals surface area contributed by atoms with Crippen LogP contribution in [0.15, 0.2) is 24.3 Å². The van der Waals surface area contributed by atoms with Gasteiger partial charge in [-0.05, 0) is 30.5 Å². The molecule has 0 spiro atoms. The van der Waals surface area contributed by atoms with Gasteiger partial charge in [0.05, 0.1) is 0 Å². The predicted molar refractivity (Wildman–Crippen MR) is 77.1 cm³/mol. The summed E-state index contributed by atoms with van der Waals surface area (Å²) >= 11 is 0. The molecular weight excluding hydrogens is 256 g/mol. The van der Waals surface area contributed by atoms with E-state index in [1.165, 1.54) is 0 Å². The number of benzene rings is 1. The highest BCUT2D eigenvalue weighted by Crippen LogP contribution is 2.28. The van der Waals surface area contributed by atoms with Gasteiger partial charge in [-0.1, -0.05) is 12.1 Å². The fraction of sp³-hybridized carbons (Fsp3) is 0.429. The first-order valence-electron chi connectivity index (χ1n) is 6.80. The van der Waals surface area contributed by atoms with Crippen LogP contribution in [0.4, 0.5) is 10.5 Å². The Balaban J connectivity index is 1.62. The molecule has 0 radical (unpaired) electrons. The average molecular weight is 276 g/mol. The Labute approximate surface area is 118 Å². The third-order valence-electron chi connectivity index (χ3n) is 3.11. The lowest BCUT2D eigenvalue weighted by Crippen LogP contribution is -2.37. The molecule has 2 rings (SSSR count). The van der Waals surface area contributed by atoms with Crippen LogP contribution in [0.2, 0.25) is 0 Å². The molecule has 1 saturated carbocycles.